The Morgan fingerprint density at radius 3 is 2.40 bits per heavy atom. The van der Waals surface area contributed by atoms with Crippen LogP contribution in [0.3, 0.4) is 0 Å². The minimum absolute atomic E-state index is 0.206. The number of hydrogen-bond donors (Lipinski definition) is 0. The minimum Gasteiger partial charge on any atom is -0.353 e. The zero-order valence-electron chi connectivity index (χ0n) is 11.4. The summed E-state index contributed by atoms with van der Waals surface area (Å²) in [6.07, 6.45) is 2.65. The molecule has 1 amide bonds. The second-order valence-electron chi connectivity index (χ2n) is 5.68. The molecular formula is C14H17Br2N3O. The van der Waals surface area contributed by atoms with Gasteiger partial charge in [-0.3, -0.25) is 4.79 Å². The summed E-state index contributed by atoms with van der Waals surface area (Å²) in [6, 6.07) is 5.93. The van der Waals surface area contributed by atoms with Crippen molar-refractivity contribution in [3.05, 3.63) is 24.4 Å². The molecule has 4 nitrogen and oxygen atoms in total. The van der Waals surface area contributed by atoms with Gasteiger partial charge in [0.1, 0.15) is 5.82 Å². The number of hydrogen-bond acceptors (Lipinski definition) is 3. The van der Waals surface area contributed by atoms with Crippen LogP contribution in [0.15, 0.2) is 24.4 Å². The molecule has 3 rings (SSSR count). The summed E-state index contributed by atoms with van der Waals surface area (Å²) < 4.78 is -0.206. The summed E-state index contributed by atoms with van der Waals surface area (Å²) >= 11 is 7.15. The molecule has 1 saturated carbocycles. The van der Waals surface area contributed by atoms with Crippen molar-refractivity contribution < 1.29 is 4.79 Å². The molecule has 0 spiro atoms. The maximum atomic E-state index is 12.6. The number of aromatic nitrogens is 1. The molecule has 1 aromatic rings. The van der Waals surface area contributed by atoms with Gasteiger partial charge in [-0.25, -0.2) is 4.98 Å². The molecule has 0 aromatic carbocycles. The maximum Gasteiger partial charge on any atom is 0.231 e. The Bertz CT molecular complexity index is 514. The van der Waals surface area contributed by atoms with E-state index in [9.17, 15) is 4.79 Å². The molecule has 2 fully saturated rings. The number of piperazine rings is 1. The molecule has 108 valence electrons. The molecule has 0 radical (unpaired) electrons. The fourth-order valence-corrected chi connectivity index (χ4v) is 4.12. The lowest BCUT2D eigenvalue weighted by atomic mass is 10.1. The summed E-state index contributed by atoms with van der Waals surface area (Å²) in [5, 5.41) is 0. The van der Waals surface area contributed by atoms with Crippen LogP contribution in [0.5, 0.6) is 0 Å². The molecular weight excluding hydrogens is 386 g/mol. The summed E-state index contributed by atoms with van der Waals surface area (Å²) in [4.78, 5) is 21.1. The lowest BCUT2D eigenvalue weighted by Crippen LogP contribution is -2.51. The third-order valence-electron chi connectivity index (χ3n) is 4.27. The van der Waals surface area contributed by atoms with Gasteiger partial charge in [-0.15, -0.1) is 0 Å². The average molecular weight is 403 g/mol. The Labute approximate surface area is 135 Å². The Morgan fingerprint density at radius 2 is 1.90 bits per heavy atom. The first-order valence-corrected chi connectivity index (χ1v) is 8.36. The van der Waals surface area contributed by atoms with Crippen molar-refractivity contribution in [3.8, 4) is 0 Å². The largest absolute Gasteiger partial charge is 0.353 e. The average Bonchev–Trinajstić information content (AvgIpc) is 2.99. The molecule has 1 aliphatic carbocycles. The summed E-state index contributed by atoms with van der Waals surface area (Å²) in [7, 11) is 0. The van der Waals surface area contributed by atoms with E-state index in [2.05, 4.69) is 41.7 Å². The number of carbonyl (C=O) groups is 1. The molecule has 1 atom stereocenters. The van der Waals surface area contributed by atoms with E-state index < -0.39 is 0 Å². The van der Waals surface area contributed by atoms with Crippen LogP contribution in [0.4, 0.5) is 5.82 Å². The van der Waals surface area contributed by atoms with Crippen molar-refractivity contribution in [1.29, 1.82) is 0 Å². The van der Waals surface area contributed by atoms with Crippen molar-refractivity contribution in [2.75, 3.05) is 31.1 Å². The molecule has 6 heteroatoms. The number of pyridine rings is 1. The first kappa shape index (κ1) is 14.3. The predicted molar refractivity (Wildman–Crippen MR) is 86.3 cm³/mol. The van der Waals surface area contributed by atoms with Gasteiger partial charge in [0, 0.05) is 32.4 Å². The zero-order valence-corrected chi connectivity index (χ0v) is 14.5. The minimum atomic E-state index is -0.305. The van der Waals surface area contributed by atoms with Gasteiger partial charge in [0.15, 0.2) is 0 Å². The van der Waals surface area contributed by atoms with E-state index >= 15 is 0 Å². The Kier molecular flexibility index (Phi) is 3.57. The molecule has 0 N–H and O–H groups in total. The van der Waals surface area contributed by atoms with E-state index in [1.165, 1.54) is 0 Å². The first-order chi connectivity index (χ1) is 9.44. The van der Waals surface area contributed by atoms with Crippen molar-refractivity contribution in [2.24, 2.45) is 5.41 Å². The van der Waals surface area contributed by atoms with Crippen LogP contribution in [0, 0.1) is 5.41 Å². The highest BCUT2D eigenvalue weighted by Crippen LogP contribution is 2.66. The number of alkyl halides is 2. The Balaban J connectivity index is 1.61. The van der Waals surface area contributed by atoms with Gasteiger partial charge in [0.2, 0.25) is 5.91 Å². The normalized spacial score (nSPS) is 28.4. The smallest absolute Gasteiger partial charge is 0.231 e. The monoisotopic (exact) mass is 401 g/mol. The Morgan fingerprint density at radius 1 is 1.25 bits per heavy atom. The summed E-state index contributed by atoms with van der Waals surface area (Å²) in [5.41, 5.74) is -0.305. The van der Waals surface area contributed by atoms with Gasteiger partial charge >= 0.3 is 0 Å². The fraction of sp³-hybridized carbons (Fsp3) is 0.571. The quantitative estimate of drug-likeness (QED) is 0.713. The van der Waals surface area contributed by atoms with Gasteiger partial charge in [0.25, 0.3) is 0 Å². The highest BCUT2D eigenvalue weighted by Gasteiger charge is 2.67. The lowest BCUT2D eigenvalue weighted by molar-refractivity contribution is -0.136. The zero-order chi connectivity index (χ0) is 14.4. The highest BCUT2D eigenvalue weighted by atomic mass is 79.9. The van der Waals surface area contributed by atoms with E-state index in [0.717, 1.165) is 38.4 Å². The van der Waals surface area contributed by atoms with Crippen LogP contribution < -0.4 is 4.90 Å². The fourth-order valence-electron chi connectivity index (χ4n) is 2.66. The number of amides is 1. The second kappa shape index (κ2) is 4.98. The van der Waals surface area contributed by atoms with Crippen molar-refractivity contribution in [1.82, 2.24) is 9.88 Å². The molecule has 0 unspecified atom stereocenters. The van der Waals surface area contributed by atoms with Gasteiger partial charge in [-0.1, -0.05) is 37.9 Å². The number of nitrogens with zero attached hydrogens (tertiary/aromatic N) is 3. The lowest BCUT2D eigenvalue weighted by Gasteiger charge is -2.37. The molecule has 2 heterocycles. The van der Waals surface area contributed by atoms with E-state index in [-0.39, 0.29) is 14.6 Å². The van der Waals surface area contributed by atoms with Crippen LogP contribution in [0.2, 0.25) is 0 Å². The molecule has 0 bridgehead atoms. The Hall–Kier alpha value is -0.620. The molecule has 1 saturated heterocycles. The molecule has 1 aromatic heterocycles. The van der Waals surface area contributed by atoms with Gasteiger partial charge in [-0.2, -0.15) is 0 Å². The van der Waals surface area contributed by atoms with Gasteiger partial charge < -0.3 is 9.80 Å². The van der Waals surface area contributed by atoms with E-state index in [1.54, 1.807) is 0 Å². The molecule has 2 aliphatic rings. The predicted octanol–water partition coefficient (Wildman–Crippen LogP) is 2.63. The van der Waals surface area contributed by atoms with E-state index in [0.29, 0.717) is 0 Å². The number of anilines is 1. The number of rotatable bonds is 2. The highest BCUT2D eigenvalue weighted by molar-refractivity contribution is 9.25. The summed E-state index contributed by atoms with van der Waals surface area (Å²) in [6.45, 7) is 5.24. The van der Waals surface area contributed by atoms with Crippen molar-refractivity contribution in [3.63, 3.8) is 0 Å². The SMILES string of the molecule is C[C@]1(C(=O)N2CCN(c3ccccn3)CC2)CC1(Br)Br. The number of carbonyl (C=O) groups excluding carboxylic acids is 1. The van der Waals surface area contributed by atoms with Gasteiger partial charge in [-0.05, 0) is 25.5 Å². The van der Waals surface area contributed by atoms with E-state index in [4.69, 9.17) is 0 Å². The standard InChI is InChI=1S/C14H17Br2N3O/c1-13(10-14(13,15)16)12(20)19-8-6-18(7-9-19)11-4-2-3-5-17-11/h2-5H,6-10H2,1H3/t13-/m1/s1. The first-order valence-electron chi connectivity index (χ1n) is 6.77. The van der Waals surface area contributed by atoms with Crippen molar-refractivity contribution in [2.45, 2.75) is 16.6 Å². The van der Waals surface area contributed by atoms with Crippen LogP contribution in [-0.2, 0) is 4.79 Å². The third kappa shape index (κ3) is 2.37. The second-order valence-corrected chi connectivity index (χ2v) is 9.45. The topological polar surface area (TPSA) is 36.4 Å². The molecule has 20 heavy (non-hydrogen) atoms. The van der Waals surface area contributed by atoms with Crippen LogP contribution >= 0.6 is 31.9 Å². The van der Waals surface area contributed by atoms with E-state index in [1.807, 2.05) is 36.2 Å². The maximum absolute atomic E-state index is 12.6. The van der Waals surface area contributed by atoms with Crippen molar-refractivity contribution >= 4 is 43.6 Å². The van der Waals surface area contributed by atoms with Crippen LogP contribution in [-0.4, -0.2) is 45.2 Å². The van der Waals surface area contributed by atoms with Gasteiger partial charge in [0.05, 0.1) is 8.65 Å². The van der Waals surface area contributed by atoms with Crippen LogP contribution in [0.1, 0.15) is 13.3 Å². The number of halogens is 2. The van der Waals surface area contributed by atoms with Crippen LogP contribution in [0.25, 0.3) is 0 Å². The molecule has 1 aliphatic heterocycles. The third-order valence-corrected chi connectivity index (χ3v) is 6.58. The summed E-state index contributed by atoms with van der Waals surface area (Å²) in [5.74, 6) is 1.24.